The molecule has 0 aliphatic heterocycles. The van der Waals surface area contributed by atoms with Gasteiger partial charge in [-0.2, -0.15) is 0 Å². The first-order valence-electron chi connectivity index (χ1n) is 29.9. The van der Waals surface area contributed by atoms with Crippen molar-refractivity contribution in [1.82, 2.24) is 4.57 Å². The molecule has 0 bridgehead atoms. The van der Waals surface area contributed by atoms with Crippen LogP contribution in [-0.2, 0) is 16.2 Å². The summed E-state index contributed by atoms with van der Waals surface area (Å²) in [6, 6.07) is 89.6. The zero-order chi connectivity index (χ0) is 56.8. The Labute approximate surface area is 493 Å². The molecule has 0 N–H and O–H groups in total. The van der Waals surface area contributed by atoms with Crippen molar-refractivity contribution in [3.05, 3.63) is 276 Å². The van der Waals surface area contributed by atoms with Gasteiger partial charge in [0, 0.05) is 82.4 Å². The quantitative estimate of drug-likeness (QED) is 0.166. The number of fused-ring (bicyclic) bond motifs is 22. The van der Waals surface area contributed by atoms with Crippen molar-refractivity contribution >= 4 is 82.7 Å². The Kier molecular flexibility index (Phi) is 9.67. The summed E-state index contributed by atoms with van der Waals surface area (Å²) in [5, 5.41) is 7.12. The number of nitrogens with zero attached hydrogens (tertiary/aromatic N) is 2. The second-order valence-corrected chi connectivity index (χ2v) is 25.5. The molecule has 12 aromatic carbocycles. The number of aromatic nitrogens is 1. The smallest absolute Gasteiger partial charge is 0.144 e. The van der Waals surface area contributed by atoms with Crippen molar-refractivity contribution in [2.45, 2.75) is 57.8 Å². The maximum absolute atomic E-state index is 7.16. The first-order chi connectivity index (χ1) is 41.5. The zero-order valence-electron chi connectivity index (χ0n) is 48.3. The number of rotatable bonds is 6. The third kappa shape index (κ3) is 6.41. The van der Waals surface area contributed by atoms with E-state index in [2.05, 4.69) is 294 Å². The molecular formula is C81H58N2O2. The highest BCUT2D eigenvalue weighted by Crippen LogP contribution is 2.64. The summed E-state index contributed by atoms with van der Waals surface area (Å²) in [4.78, 5) is 2.52. The predicted molar refractivity (Wildman–Crippen MR) is 354 cm³/mol. The fourth-order valence-corrected chi connectivity index (χ4v) is 16.1. The van der Waals surface area contributed by atoms with Gasteiger partial charge in [-0.1, -0.05) is 211 Å². The Morgan fingerprint density at radius 2 is 0.812 bits per heavy atom. The Hall–Kier alpha value is -10.2. The van der Waals surface area contributed by atoms with Crippen LogP contribution in [-0.4, -0.2) is 4.57 Å². The van der Waals surface area contributed by atoms with Crippen LogP contribution in [0.3, 0.4) is 0 Å². The SMILES string of the molecule is CC1(C)c2cc(N(c3ccc4c(c3)C(C)(C)c3c5c(c6c(oc7ccccc76)c3-4)-c3ccccc3C5(C)C)c3ccc4c5ccccc5n(-c5ccccc5)c4c3)ccc2-c2c1cc(-c1ccccc1-c1ccccc1)c1oc3ccccc3c21. The molecule has 0 radical (unpaired) electrons. The topological polar surface area (TPSA) is 34.5 Å². The molecule has 15 aromatic rings. The summed E-state index contributed by atoms with van der Waals surface area (Å²) in [6.45, 7) is 14.6. The normalized spacial score (nSPS) is 14.8. The third-order valence-electron chi connectivity index (χ3n) is 19.9. The Balaban J connectivity index is 0.880. The molecule has 0 atom stereocenters. The summed E-state index contributed by atoms with van der Waals surface area (Å²) in [5.74, 6) is 0. The molecular weight excluding hydrogens is 1030 g/mol. The van der Waals surface area contributed by atoms with Crippen molar-refractivity contribution < 1.29 is 8.83 Å². The molecule has 3 aliphatic carbocycles. The lowest BCUT2D eigenvalue weighted by atomic mass is 9.72. The minimum Gasteiger partial charge on any atom is -0.455 e. The largest absolute Gasteiger partial charge is 0.455 e. The van der Waals surface area contributed by atoms with Gasteiger partial charge in [-0.05, 0) is 151 Å². The lowest BCUT2D eigenvalue weighted by molar-refractivity contribution is 0.600. The van der Waals surface area contributed by atoms with Crippen LogP contribution in [0.25, 0.3) is 127 Å². The highest BCUT2D eigenvalue weighted by Gasteiger charge is 2.49. The highest BCUT2D eigenvalue weighted by molar-refractivity contribution is 6.22. The molecule has 85 heavy (non-hydrogen) atoms. The summed E-state index contributed by atoms with van der Waals surface area (Å²) in [6.07, 6.45) is 0. The van der Waals surface area contributed by atoms with Crippen LogP contribution in [0.15, 0.2) is 251 Å². The first kappa shape index (κ1) is 48.4. The number of furan rings is 2. The number of hydrogen-bond acceptors (Lipinski definition) is 3. The van der Waals surface area contributed by atoms with Crippen LogP contribution < -0.4 is 4.90 Å². The second kappa shape index (κ2) is 17.0. The van der Waals surface area contributed by atoms with E-state index in [4.69, 9.17) is 8.83 Å². The van der Waals surface area contributed by atoms with E-state index in [0.717, 1.165) is 72.5 Å². The van der Waals surface area contributed by atoms with Gasteiger partial charge in [-0.3, -0.25) is 0 Å². The minimum absolute atomic E-state index is 0.251. The fourth-order valence-electron chi connectivity index (χ4n) is 16.1. The number of para-hydroxylation sites is 4. The van der Waals surface area contributed by atoms with Gasteiger partial charge in [0.2, 0.25) is 0 Å². The molecule has 3 heterocycles. The van der Waals surface area contributed by atoms with Gasteiger partial charge in [0.15, 0.2) is 0 Å². The molecule has 3 aromatic heterocycles. The first-order valence-corrected chi connectivity index (χ1v) is 29.9. The van der Waals surface area contributed by atoms with E-state index >= 15 is 0 Å². The molecule has 0 amide bonds. The molecule has 4 heteroatoms. The van der Waals surface area contributed by atoms with E-state index in [-0.39, 0.29) is 5.41 Å². The van der Waals surface area contributed by atoms with E-state index in [1.54, 1.807) is 0 Å². The van der Waals surface area contributed by atoms with Crippen LogP contribution in [0.1, 0.15) is 74.9 Å². The summed E-state index contributed by atoms with van der Waals surface area (Å²) in [7, 11) is 0. The standard InChI is InChI=1S/C81H58N2O2/c1-79(2)63-43-49(38-41-57(63)70-65(79)46-61(77-72(70)59-31-17-21-35-68(59)84-77)53-28-14-13-27-52(53)47-23-9-7-10-24-47)82(51-37-40-55-54-29-16-20-34-66(54)83(67(55)45-51)48-25-11-8-12-26-48)50-39-42-58-64(44-50)81(5,6)76-74(58)78-73(60-32-18-22-36-69(60)85-78)71-56-30-15-19-33-62(56)80(3,4)75(71)76/h7-46H,1-6H3. The third-order valence-corrected chi connectivity index (χ3v) is 19.9. The number of anilines is 3. The molecule has 3 aliphatic rings. The lowest BCUT2D eigenvalue weighted by Crippen LogP contribution is -2.24. The van der Waals surface area contributed by atoms with E-state index in [1.165, 1.54) is 105 Å². The average Bonchev–Trinajstić information content (AvgIpc) is 3.26. The van der Waals surface area contributed by atoms with Crippen molar-refractivity contribution in [1.29, 1.82) is 0 Å². The van der Waals surface area contributed by atoms with Crippen LogP contribution >= 0.6 is 0 Å². The van der Waals surface area contributed by atoms with Gasteiger partial charge in [-0.25, -0.2) is 0 Å². The van der Waals surface area contributed by atoms with E-state index in [0.29, 0.717) is 0 Å². The van der Waals surface area contributed by atoms with Gasteiger partial charge in [0.05, 0.1) is 11.0 Å². The van der Waals surface area contributed by atoms with E-state index in [1.807, 2.05) is 0 Å². The summed E-state index contributed by atoms with van der Waals surface area (Å²) < 4.78 is 16.7. The van der Waals surface area contributed by atoms with Gasteiger partial charge < -0.3 is 18.3 Å². The van der Waals surface area contributed by atoms with E-state index in [9.17, 15) is 0 Å². The van der Waals surface area contributed by atoms with Gasteiger partial charge in [0.25, 0.3) is 0 Å². The van der Waals surface area contributed by atoms with Crippen molar-refractivity contribution in [3.8, 4) is 61.3 Å². The second-order valence-electron chi connectivity index (χ2n) is 25.5. The van der Waals surface area contributed by atoms with Crippen molar-refractivity contribution in [3.63, 3.8) is 0 Å². The predicted octanol–water partition coefficient (Wildman–Crippen LogP) is 22.3. The minimum atomic E-state index is -0.399. The molecule has 18 rings (SSSR count). The molecule has 0 saturated carbocycles. The van der Waals surface area contributed by atoms with Crippen molar-refractivity contribution in [2.75, 3.05) is 4.90 Å². The molecule has 4 nitrogen and oxygen atoms in total. The van der Waals surface area contributed by atoms with Crippen LogP contribution in [0.5, 0.6) is 0 Å². The molecule has 0 saturated heterocycles. The fraction of sp³-hybridized carbons (Fsp3) is 0.111. The Morgan fingerprint density at radius 1 is 0.318 bits per heavy atom. The Morgan fingerprint density at radius 3 is 1.53 bits per heavy atom. The maximum atomic E-state index is 7.16. The van der Waals surface area contributed by atoms with Crippen LogP contribution in [0.4, 0.5) is 17.1 Å². The highest BCUT2D eigenvalue weighted by atomic mass is 16.3. The molecule has 404 valence electrons. The monoisotopic (exact) mass is 1090 g/mol. The molecule has 0 spiro atoms. The number of benzene rings is 12. The lowest BCUT2D eigenvalue weighted by Gasteiger charge is -2.32. The van der Waals surface area contributed by atoms with Crippen LogP contribution in [0.2, 0.25) is 0 Å². The maximum Gasteiger partial charge on any atom is 0.144 e. The van der Waals surface area contributed by atoms with Gasteiger partial charge in [0.1, 0.15) is 22.3 Å². The zero-order valence-corrected chi connectivity index (χ0v) is 48.3. The molecule has 0 unspecified atom stereocenters. The molecule has 0 fully saturated rings. The van der Waals surface area contributed by atoms with E-state index < -0.39 is 10.8 Å². The average molecular weight is 1090 g/mol. The summed E-state index contributed by atoms with van der Waals surface area (Å²) in [5.41, 5.74) is 29.6. The van der Waals surface area contributed by atoms with Gasteiger partial charge >= 0.3 is 0 Å². The summed E-state index contributed by atoms with van der Waals surface area (Å²) >= 11 is 0. The van der Waals surface area contributed by atoms with Gasteiger partial charge in [-0.15, -0.1) is 0 Å². The van der Waals surface area contributed by atoms with Crippen molar-refractivity contribution in [2.24, 2.45) is 0 Å². The number of hydrogen-bond donors (Lipinski definition) is 0. The Bertz CT molecular complexity index is 5390. The van der Waals surface area contributed by atoms with Crippen LogP contribution in [0, 0.1) is 0 Å².